The van der Waals surface area contributed by atoms with Crippen LogP contribution in [-0.4, -0.2) is 46.3 Å². The molecule has 0 fully saturated rings. The van der Waals surface area contributed by atoms with E-state index in [2.05, 4.69) is 22.2 Å². The van der Waals surface area contributed by atoms with Gasteiger partial charge in [-0.05, 0) is 31.5 Å². The van der Waals surface area contributed by atoms with Gasteiger partial charge < -0.3 is 10.1 Å². The van der Waals surface area contributed by atoms with Crippen molar-refractivity contribution in [2.75, 3.05) is 25.0 Å². The maximum atomic E-state index is 12.5. The first-order chi connectivity index (χ1) is 12.0. The molecule has 0 saturated carbocycles. The summed E-state index contributed by atoms with van der Waals surface area (Å²) in [6.07, 6.45) is 2.36. The molecule has 1 amide bonds. The monoisotopic (exact) mass is 362 g/mol. The Hall–Kier alpha value is -2.19. The summed E-state index contributed by atoms with van der Waals surface area (Å²) in [5.74, 6) is -0.651. The molecule has 0 aliphatic carbocycles. The number of likely N-dealkylation sites (N-methyl/N-ethyl adjacent to an activating group) is 1. The van der Waals surface area contributed by atoms with Crippen LogP contribution in [-0.2, 0) is 24.8 Å². The molecular weight excluding hydrogens is 340 g/mol. The van der Waals surface area contributed by atoms with Crippen LogP contribution in [0.2, 0.25) is 0 Å². The van der Waals surface area contributed by atoms with Crippen LogP contribution in [0.3, 0.4) is 0 Å². The second kappa shape index (κ2) is 7.37. The average molecular weight is 362 g/mol. The molecule has 0 saturated heterocycles. The number of thiophene rings is 1. The summed E-state index contributed by atoms with van der Waals surface area (Å²) in [5.41, 5.74) is 1.96. The van der Waals surface area contributed by atoms with Gasteiger partial charge in [0.15, 0.2) is 0 Å². The van der Waals surface area contributed by atoms with E-state index in [1.165, 1.54) is 16.0 Å². The minimum Gasteiger partial charge on any atom is -0.462 e. The van der Waals surface area contributed by atoms with Gasteiger partial charge in [0, 0.05) is 31.2 Å². The van der Waals surface area contributed by atoms with Crippen LogP contribution in [0.5, 0.6) is 0 Å². The smallest absolute Gasteiger partial charge is 0.341 e. The summed E-state index contributed by atoms with van der Waals surface area (Å²) < 4.78 is 6.73. The normalized spacial score (nSPS) is 14.2. The number of nitrogens with one attached hydrogen (secondary N) is 1. The second-order valence-corrected chi connectivity index (χ2v) is 6.95. The summed E-state index contributed by atoms with van der Waals surface area (Å²) in [4.78, 5) is 28.5. The lowest BCUT2D eigenvalue weighted by Gasteiger charge is -2.25. The fraction of sp³-hybridized carbons (Fsp3) is 0.471. The second-order valence-electron chi connectivity index (χ2n) is 5.84. The molecule has 1 aliphatic rings. The summed E-state index contributed by atoms with van der Waals surface area (Å²) in [6, 6.07) is 1.64. The van der Waals surface area contributed by atoms with E-state index < -0.39 is 0 Å². The van der Waals surface area contributed by atoms with Crippen LogP contribution in [0.1, 0.15) is 45.1 Å². The maximum Gasteiger partial charge on any atom is 0.341 e. The van der Waals surface area contributed by atoms with E-state index in [1.54, 1.807) is 26.2 Å². The van der Waals surface area contributed by atoms with Crippen LogP contribution in [0.25, 0.3) is 0 Å². The highest BCUT2D eigenvalue weighted by Gasteiger charge is 2.29. The minimum atomic E-state index is -0.370. The van der Waals surface area contributed by atoms with Crippen molar-refractivity contribution in [1.82, 2.24) is 14.7 Å². The number of fused-ring (bicyclic) bond motifs is 1. The lowest BCUT2D eigenvalue weighted by molar-refractivity contribution is 0.0526. The van der Waals surface area contributed by atoms with Crippen molar-refractivity contribution < 1.29 is 14.3 Å². The number of aryl methyl sites for hydroxylation is 1. The van der Waals surface area contributed by atoms with E-state index in [4.69, 9.17) is 4.74 Å². The SMILES string of the molecule is CCOC(=O)c1c(NC(=O)c2ccnn2C)sc2c1CCN(CC)C2. The summed E-state index contributed by atoms with van der Waals surface area (Å²) in [7, 11) is 1.71. The van der Waals surface area contributed by atoms with Crippen LogP contribution in [0.4, 0.5) is 5.00 Å². The fourth-order valence-electron chi connectivity index (χ4n) is 3.00. The van der Waals surface area contributed by atoms with Crippen LogP contribution in [0.15, 0.2) is 12.3 Å². The summed E-state index contributed by atoms with van der Waals surface area (Å²) in [6.45, 7) is 6.87. The van der Waals surface area contributed by atoms with Gasteiger partial charge in [-0.3, -0.25) is 14.4 Å². The minimum absolute atomic E-state index is 0.281. The van der Waals surface area contributed by atoms with Crippen molar-refractivity contribution in [2.24, 2.45) is 7.05 Å². The summed E-state index contributed by atoms with van der Waals surface area (Å²) >= 11 is 1.46. The number of amides is 1. The Morgan fingerprint density at radius 3 is 2.84 bits per heavy atom. The molecule has 3 rings (SSSR count). The van der Waals surface area contributed by atoms with Crippen LogP contribution in [0, 0.1) is 0 Å². The lowest BCUT2D eigenvalue weighted by Crippen LogP contribution is -2.30. The van der Waals surface area contributed by atoms with Crippen LogP contribution < -0.4 is 5.32 Å². The van der Waals surface area contributed by atoms with E-state index in [1.807, 2.05) is 0 Å². The molecular formula is C17H22N4O3S. The first kappa shape index (κ1) is 17.6. The molecule has 0 spiro atoms. The van der Waals surface area contributed by atoms with E-state index in [-0.39, 0.29) is 11.9 Å². The molecule has 0 aromatic carbocycles. The number of esters is 1. The predicted molar refractivity (Wildman–Crippen MR) is 96.1 cm³/mol. The maximum absolute atomic E-state index is 12.5. The van der Waals surface area contributed by atoms with E-state index in [9.17, 15) is 9.59 Å². The number of hydrogen-bond acceptors (Lipinski definition) is 6. The zero-order chi connectivity index (χ0) is 18.0. The van der Waals surface area contributed by atoms with Crippen molar-refractivity contribution in [2.45, 2.75) is 26.8 Å². The van der Waals surface area contributed by atoms with Crippen molar-refractivity contribution in [3.63, 3.8) is 0 Å². The Labute approximate surface area is 150 Å². The molecule has 0 radical (unpaired) electrons. The predicted octanol–water partition coefficient (Wildman–Crippen LogP) is 2.29. The molecule has 134 valence electrons. The zero-order valence-electron chi connectivity index (χ0n) is 14.7. The van der Waals surface area contributed by atoms with Gasteiger partial charge in [0.2, 0.25) is 0 Å². The van der Waals surface area contributed by atoms with E-state index >= 15 is 0 Å². The number of hydrogen-bond donors (Lipinski definition) is 1. The summed E-state index contributed by atoms with van der Waals surface area (Å²) in [5, 5.41) is 7.46. The topological polar surface area (TPSA) is 76.5 Å². The number of carbonyl (C=O) groups excluding carboxylic acids is 2. The lowest BCUT2D eigenvalue weighted by atomic mass is 10.0. The number of anilines is 1. The first-order valence-corrected chi connectivity index (χ1v) is 9.20. The van der Waals surface area contributed by atoms with Crippen molar-refractivity contribution >= 4 is 28.2 Å². The Balaban J connectivity index is 1.95. The number of carbonyl (C=O) groups is 2. The van der Waals surface area contributed by atoms with E-state index in [0.717, 1.165) is 36.5 Å². The average Bonchev–Trinajstić information content (AvgIpc) is 3.17. The molecule has 0 atom stereocenters. The number of ether oxygens (including phenoxy) is 1. The van der Waals surface area contributed by atoms with Crippen molar-refractivity contribution in [3.05, 3.63) is 34.0 Å². The fourth-order valence-corrected chi connectivity index (χ4v) is 4.27. The van der Waals surface area contributed by atoms with Gasteiger partial charge >= 0.3 is 5.97 Å². The number of nitrogens with zero attached hydrogens (tertiary/aromatic N) is 3. The first-order valence-electron chi connectivity index (χ1n) is 8.38. The van der Waals surface area contributed by atoms with Gasteiger partial charge in [0.1, 0.15) is 10.7 Å². The van der Waals surface area contributed by atoms with Crippen molar-refractivity contribution in [3.8, 4) is 0 Å². The van der Waals surface area contributed by atoms with Gasteiger partial charge in [0.05, 0.1) is 12.2 Å². The third kappa shape index (κ3) is 3.45. The number of rotatable bonds is 5. The molecule has 1 aliphatic heterocycles. The standard InChI is InChI=1S/C17H22N4O3S/c1-4-21-9-7-11-13(10-21)25-16(14(11)17(23)24-5-2)19-15(22)12-6-8-18-20(12)3/h6,8H,4-5,7,9-10H2,1-3H3,(H,19,22). The van der Waals surface area contributed by atoms with Gasteiger partial charge in [-0.25, -0.2) is 4.79 Å². The zero-order valence-corrected chi connectivity index (χ0v) is 15.5. The van der Waals surface area contributed by atoms with E-state index in [0.29, 0.717) is 22.9 Å². The molecule has 8 heteroatoms. The molecule has 0 bridgehead atoms. The Morgan fingerprint density at radius 1 is 1.40 bits per heavy atom. The molecule has 25 heavy (non-hydrogen) atoms. The van der Waals surface area contributed by atoms with Crippen LogP contribution >= 0.6 is 11.3 Å². The highest BCUT2D eigenvalue weighted by molar-refractivity contribution is 7.17. The highest BCUT2D eigenvalue weighted by Crippen LogP contribution is 2.37. The molecule has 2 aromatic heterocycles. The van der Waals surface area contributed by atoms with Gasteiger partial charge in [0.25, 0.3) is 5.91 Å². The molecule has 7 nitrogen and oxygen atoms in total. The van der Waals surface area contributed by atoms with Gasteiger partial charge in [-0.2, -0.15) is 5.10 Å². The van der Waals surface area contributed by atoms with Crippen molar-refractivity contribution in [1.29, 1.82) is 0 Å². The Bertz CT molecular complexity index is 796. The molecule has 2 aromatic rings. The third-order valence-corrected chi connectivity index (χ3v) is 5.48. The molecule has 1 N–H and O–H groups in total. The molecule has 3 heterocycles. The third-order valence-electron chi connectivity index (χ3n) is 4.34. The quantitative estimate of drug-likeness (QED) is 0.826. The van der Waals surface area contributed by atoms with Gasteiger partial charge in [-0.1, -0.05) is 6.92 Å². The number of aromatic nitrogens is 2. The molecule has 0 unspecified atom stereocenters. The Kier molecular flexibility index (Phi) is 5.19. The van der Waals surface area contributed by atoms with Gasteiger partial charge in [-0.15, -0.1) is 11.3 Å². The Morgan fingerprint density at radius 2 is 2.20 bits per heavy atom. The largest absolute Gasteiger partial charge is 0.462 e. The highest BCUT2D eigenvalue weighted by atomic mass is 32.1.